The van der Waals surface area contributed by atoms with Gasteiger partial charge in [-0.2, -0.15) is 0 Å². The van der Waals surface area contributed by atoms with E-state index in [-0.39, 0.29) is 11.3 Å². The third-order valence-electron chi connectivity index (χ3n) is 2.16. The fraction of sp³-hybridized carbons (Fsp3) is 0.200. The predicted molar refractivity (Wildman–Crippen MR) is 50.5 cm³/mol. The van der Waals surface area contributed by atoms with E-state index in [1.807, 2.05) is 0 Å². The molecule has 0 aromatic heterocycles. The monoisotopic (exact) mass is 237 g/mol. The molecule has 0 heterocycles. The second kappa shape index (κ2) is 5.06. The third kappa shape index (κ3) is 3.26. The summed E-state index contributed by atoms with van der Waals surface area (Å²) in [4.78, 5) is 30.8. The quantitative estimate of drug-likeness (QED) is 0.456. The summed E-state index contributed by atoms with van der Waals surface area (Å²) in [6.07, 6.45) is -0.736. The van der Waals surface area contributed by atoms with Crippen molar-refractivity contribution in [3.63, 3.8) is 0 Å². The van der Waals surface area contributed by atoms with E-state index in [2.05, 4.69) is 0 Å². The van der Waals surface area contributed by atoms with Crippen molar-refractivity contribution in [1.29, 1.82) is 0 Å². The number of carboxylic acid groups (broad SMARTS) is 2. The lowest BCUT2D eigenvalue weighted by Gasteiger charge is -2.18. The number of rotatable bonds is 5. The van der Waals surface area contributed by atoms with Gasteiger partial charge >= 0.3 is 0 Å². The molecule has 0 spiro atoms. The average Bonchev–Trinajstić information content (AvgIpc) is 2.25. The standard InChI is InChI=1S/C10H9NO6/c12-9(13)5-8(10(14)15)6-1-3-7(4-2-6)11(16)17/h1-4,8H,5H2,(H,12,13)(H,14,15)/p-2. The van der Waals surface area contributed by atoms with Crippen molar-refractivity contribution in [3.8, 4) is 0 Å². The van der Waals surface area contributed by atoms with Gasteiger partial charge < -0.3 is 19.8 Å². The number of nitro groups is 1. The molecule has 0 fully saturated rings. The molecule has 90 valence electrons. The number of carboxylic acids is 2. The number of hydrogen-bond acceptors (Lipinski definition) is 6. The van der Waals surface area contributed by atoms with Crippen LogP contribution in [-0.2, 0) is 9.59 Å². The van der Waals surface area contributed by atoms with Crippen molar-refractivity contribution in [2.45, 2.75) is 12.3 Å². The summed E-state index contributed by atoms with van der Waals surface area (Å²) in [5.74, 6) is -4.47. The van der Waals surface area contributed by atoms with Gasteiger partial charge in [-0.3, -0.25) is 10.1 Å². The maximum atomic E-state index is 10.7. The first-order valence-corrected chi connectivity index (χ1v) is 4.57. The number of aliphatic carboxylic acids is 2. The highest BCUT2D eigenvalue weighted by Gasteiger charge is 2.14. The van der Waals surface area contributed by atoms with Gasteiger partial charge in [-0.25, -0.2) is 0 Å². The minimum absolute atomic E-state index is 0.125. The lowest BCUT2D eigenvalue weighted by Crippen LogP contribution is -2.34. The third-order valence-corrected chi connectivity index (χ3v) is 2.16. The molecule has 1 aromatic rings. The largest absolute Gasteiger partial charge is 0.550 e. The van der Waals surface area contributed by atoms with Crippen LogP contribution in [0.5, 0.6) is 0 Å². The molecular formula is C10H7NO6-2. The molecule has 1 unspecified atom stereocenters. The molecule has 0 amide bonds. The van der Waals surface area contributed by atoms with Gasteiger partial charge in [0.2, 0.25) is 0 Å². The van der Waals surface area contributed by atoms with Gasteiger partial charge in [-0.05, 0) is 12.0 Å². The van der Waals surface area contributed by atoms with E-state index in [4.69, 9.17) is 0 Å². The minimum atomic E-state index is -1.57. The SMILES string of the molecule is O=C([O-])CC(C(=O)[O-])c1ccc([N+](=O)[O-])cc1. The molecule has 7 nitrogen and oxygen atoms in total. The van der Waals surface area contributed by atoms with Crippen LogP contribution >= 0.6 is 0 Å². The lowest BCUT2D eigenvalue weighted by molar-refractivity contribution is -0.384. The van der Waals surface area contributed by atoms with E-state index in [1.54, 1.807) is 0 Å². The highest BCUT2D eigenvalue weighted by molar-refractivity contribution is 5.80. The van der Waals surface area contributed by atoms with E-state index in [0.717, 1.165) is 12.1 Å². The van der Waals surface area contributed by atoms with Crippen LogP contribution in [-0.4, -0.2) is 16.9 Å². The first kappa shape index (κ1) is 12.6. The van der Waals surface area contributed by atoms with E-state index >= 15 is 0 Å². The fourth-order valence-electron chi connectivity index (χ4n) is 1.33. The van der Waals surface area contributed by atoms with Crippen LogP contribution in [0.15, 0.2) is 24.3 Å². The Kier molecular flexibility index (Phi) is 3.76. The molecule has 1 aromatic carbocycles. The molecule has 1 rings (SSSR count). The summed E-state index contributed by atoms with van der Waals surface area (Å²) >= 11 is 0. The highest BCUT2D eigenvalue weighted by atomic mass is 16.6. The van der Waals surface area contributed by atoms with E-state index in [9.17, 15) is 29.9 Å². The lowest BCUT2D eigenvalue weighted by atomic mass is 9.96. The molecule has 0 aliphatic carbocycles. The summed E-state index contributed by atoms with van der Waals surface area (Å²) in [5.41, 5.74) is -0.0842. The van der Waals surface area contributed by atoms with Crippen LogP contribution in [0, 0.1) is 10.1 Å². The maximum absolute atomic E-state index is 10.7. The molecular weight excluding hydrogens is 230 g/mol. The minimum Gasteiger partial charge on any atom is -0.550 e. The molecule has 17 heavy (non-hydrogen) atoms. The first-order chi connectivity index (χ1) is 7.91. The Morgan fingerprint density at radius 1 is 1.18 bits per heavy atom. The second-order valence-electron chi connectivity index (χ2n) is 3.30. The van der Waals surface area contributed by atoms with Crippen LogP contribution < -0.4 is 10.2 Å². The van der Waals surface area contributed by atoms with Gasteiger partial charge in [0.1, 0.15) is 0 Å². The van der Waals surface area contributed by atoms with E-state index in [0.29, 0.717) is 0 Å². The van der Waals surface area contributed by atoms with Crippen molar-refractivity contribution in [1.82, 2.24) is 0 Å². The first-order valence-electron chi connectivity index (χ1n) is 4.57. The molecule has 0 aliphatic rings. The van der Waals surface area contributed by atoms with Crippen LogP contribution in [0.2, 0.25) is 0 Å². The Morgan fingerprint density at radius 2 is 1.71 bits per heavy atom. The van der Waals surface area contributed by atoms with Gasteiger partial charge in [-0.1, -0.05) is 12.1 Å². The van der Waals surface area contributed by atoms with Gasteiger partial charge in [0.05, 0.1) is 4.92 Å². The van der Waals surface area contributed by atoms with Gasteiger partial charge in [-0.15, -0.1) is 0 Å². The topological polar surface area (TPSA) is 123 Å². The zero-order chi connectivity index (χ0) is 13.0. The number of benzene rings is 1. The highest BCUT2D eigenvalue weighted by Crippen LogP contribution is 2.21. The molecule has 0 radical (unpaired) electrons. The van der Waals surface area contributed by atoms with Crippen molar-refractivity contribution in [2.24, 2.45) is 0 Å². The molecule has 7 heteroatoms. The summed E-state index contributed by atoms with van der Waals surface area (Å²) in [5, 5.41) is 31.4. The number of non-ortho nitro benzene ring substituents is 1. The van der Waals surface area contributed by atoms with Crippen LogP contribution in [0.25, 0.3) is 0 Å². The Balaban J connectivity index is 2.99. The number of carbonyl (C=O) groups excluding carboxylic acids is 2. The normalized spacial score (nSPS) is 11.8. The van der Waals surface area contributed by atoms with Gasteiger partial charge in [0.25, 0.3) is 5.69 Å². The van der Waals surface area contributed by atoms with E-state index < -0.39 is 29.2 Å². The van der Waals surface area contributed by atoms with Crippen molar-refractivity contribution in [2.75, 3.05) is 0 Å². The van der Waals surface area contributed by atoms with Gasteiger partial charge in [0, 0.05) is 30.0 Å². The molecule has 0 saturated carbocycles. The van der Waals surface area contributed by atoms with Crippen molar-refractivity contribution in [3.05, 3.63) is 39.9 Å². The Bertz CT molecular complexity index is 452. The fourth-order valence-corrected chi connectivity index (χ4v) is 1.33. The molecule has 0 bridgehead atoms. The number of nitrogens with zero attached hydrogens (tertiary/aromatic N) is 1. The Morgan fingerprint density at radius 3 is 2.06 bits per heavy atom. The van der Waals surface area contributed by atoms with E-state index in [1.165, 1.54) is 12.1 Å². The molecule has 1 atom stereocenters. The molecule has 0 saturated heterocycles. The summed E-state index contributed by atoms with van der Waals surface area (Å²) in [7, 11) is 0. The summed E-state index contributed by atoms with van der Waals surface area (Å²) in [6, 6.07) is 4.56. The van der Waals surface area contributed by atoms with Crippen molar-refractivity contribution >= 4 is 17.6 Å². The average molecular weight is 237 g/mol. The molecule has 0 aliphatic heterocycles. The van der Waals surface area contributed by atoms with Gasteiger partial charge in [0.15, 0.2) is 0 Å². The second-order valence-corrected chi connectivity index (χ2v) is 3.30. The van der Waals surface area contributed by atoms with Crippen LogP contribution in [0.4, 0.5) is 5.69 Å². The Labute approximate surface area is 95.5 Å². The Hall–Kier alpha value is -2.44. The predicted octanol–water partition coefficient (Wildman–Crippen LogP) is -1.43. The summed E-state index contributed by atoms with van der Waals surface area (Å²) in [6.45, 7) is 0. The summed E-state index contributed by atoms with van der Waals surface area (Å²) < 4.78 is 0. The smallest absolute Gasteiger partial charge is 0.269 e. The number of hydrogen-bond donors (Lipinski definition) is 0. The molecule has 0 N–H and O–H groups in total. The zero-order valence-electron chi connectivity index (χ0n) is 8.49. The number of carbonyl (C=O) groups is 2. The van der Waals surface area contributed by atoms with Crippen molar-refractivity contribution < 1.29 is 24.7 Å². The maximum Gasteiger partial charge on any atom is 0.269 e. The number of nitro benzene ring substituents is 1. The van der Waals surface area contributed by atoms with Crippen LogP contribution in [0.1, 0.15) is 17.9 Å². The van der Waals surface area contributed by atoms with Crippen LogP contribution in [0.3, 0.4) is 0 Å². The zero-order valence-corrected chi connectivity index (χ0v) is 8.49.